The number of aromatic nitrogens is 1. The lowest BCUT2D eigenvalue weighted by Crippen LogP contribution is -2.47. The minimum Gasteiger partial charge on any atom is -0.460 e. The Morgan fingerprint density at radius 1 is 1.45 bits per heavy atom. The van der Waals surface area contributed by atoms with Crippen molar-refractivity contribution in [2.45, 2.75) is 18.9 Å². The molecule has 0 aromatic carbocycles. The molecule has 2 aliphatic heterocycles. The second-order valence-corrected chi connectivity index (χ2v) is 6.29. The first kappa shape index (κ1) is 13.6. The quantitative estimate of drug-likeness (QED) is 0.903. The van der Waals surface area contributed by atoms with Gasteiger partial charge in [-0.1, -0.05) is 0 Å². The van der Waals surface area contributed by atoms with Crippen LogP contribution in [0, 0.1) is 5.92 Å². The number of piperidine rings is 1. The third-order valence-corrected chi connectivity index (χ3v) is 4.76. The molecule has 6 heteroatoms. The number of hydrogen-bond acceptors (Lipinski definition) is 5. The average molecular weight is 300 g/mol. The van der Waals surface area contributed by atoms with Crippen molar-refractivity contribution in [2.75, 3.05) is 32.0 Å². The number of nitrogens with one attached hydrogen (secondary N) is 2. The maximum Gasteiger partial charge on any atom is 0.270 e. The Balaban J connectivity index is 1.52. The first-order valence-corrected chi connectivity index (χ1v) is 7.81. The molecule has 2 N–H and O–H groups in total. The van der Waals surface area contributed by atoms with Gasteiger partial charge in [-0.25, -0.2) is 4.98 Å². The summed E-state index contributed by atoms with van der Waals surface area (Å²) in [5.41, 5.74) is 1.99. The second-order valence-electron chi connectivity index (χ2n) is 6.29. The van der Waals surface area contributed by atoms with Gasteiger partial charge in [0.2, 0.25) is 0 Å². The summed E-state index contributed by atoms with van der Waals surface area (Å²) in [4.78, 5) is 19.1. The second kappa shape index (κ2) is 5.28. The summed E-state index contributed by atoms with van der Waals surface area (Å²) in [5.74, 6) is 0.636. The Hall–Kier alpha value is -2.08. The lowest BCUT2D eigenvalue weighted by molar-refractivity contribution is 0.0904. The number of carbonyl (C=O) groups is 1. The standard InChI is InChI=1S/C16H20N4O2/c1-17-14-9-22-15-6-18-13(5-12(14)15)16(21)19-11-4-10-2-3-20(7-10)8-11/h5-6,9-11,17H,2-4,7-8H2,1H3,(H,19,21)/t10-,11+/m0/s1. The Kier molecular flexibility index (Phi) is 3.26. The zero-order valence-electron chi connectivity index (χ0n) is 12.6. The normalized spacial score (nSPS) is 27.0. The number of hydrogen-bond donors (Lipinski definition) is 2. The number of nitrogens with zero attached hydrogens (tertiary/aromatic N) is 2. The summed E-state index contributed by atoms with van der Waals surface area (Å²) in [5, 5.41) is 7.08. The van der Waals surface area contributed by atoms with Crippen LogP contribution in [0.5, 0.6) is 0 Å². The lowest BCUT2D eigenvalue weighted by Gasteiger charge is -2.30. The van der Waals surface area contributed by atoms with Gasteiger partial charge < -0.3 is 20.0 Å². The van der Waals surface area contributed by atoms with E-state index in [4.69, 9.17) is 4.42 Å². The van der Waals surface area contributed by atoms with Crippen molar-refractivity contribution in [1.29, 1.82) is 0 Å². The van der Waals surface area contributed by atoms with Gasteiger partial charge in [-0.2, -0.15) is 0 Å². The number of carbonyl (C=O) groups excluding carboxylic acids is 1. The van der Waals surface area contributed by atoms with Crippen molar-refractivity contribution in [3.05, 3.63) is 24.2 Å². The largest absolute Gasteiger partial charge is 0.460 e. The average Bonchev–Trinajstić information content (AvgIpc) is 3.09. The zero-order chi connectivity index (χ0) is 15.1. The van der Waals surface area contributed by atoms with Gasteiger partial charge in [0.1, 0.15) is 12.0 Å². The third kappa shape index (κ3) is 2.33. The summed E-state index contributed by atoms with van der Waals surface area (Å²) in [6.07, 6.45) is 5.59. The molecule has 1 unspecified atom stereocenters. The van der Waals surface area contributed by atoms with Gasteiger partial charge >= 0.3 is 0 Å². The molecule has 4 rings (SSSR count). The van der Waals surface area contributed by atoms with Crippen LogP contribution in [0.15, 0.2) is 22.9 Å². The molecular weight excluding hydrogens is 280 g/mol. The van der Waals surface area contributed by atoms with E-state index in [1.165, 1.54) is 19.5 Å². The van der Waals surface area contributed by atoms with Gasteiger partial charge in [0.05, 0.1) is 11.9 Å². The fraction of sp³-hybridized carbons (Fsp3) is 0.500. The molecular formula is C16H20N4O2. The van der Waals surface area contributed by atoms with E-state index in [0.717, 1.165) is 30.0 Å². The Morgan fingerprint density at radius 2 is 2.36 bits per heavy atom. The van der Waals surface area contributed by atoms with Crippen LogP contribution in [0.4, 0.5) is 5.69 Å². The highest BCUT2D eigenvalue weighted by Crippen LogP contribution is 2.27. The number of anilines is 1. The number of rotatable bonds is 3. The Morgan fingerprint density at radius 3 is 3.18 bits per heavy atom. The molecule has 2 aliphatic rings. The van der Waals surface area contributed by atoms with Crippen molar-refractivity contribution >= 4 is 22.6 Å². The predicted octanol–water partition coefficient (Wildman–Crippen LogP) is 1.69. The number of furan rings is 1. The predicted molar refractivity (Wildman–Crippen MR) is 84.0 cm³/mol. The van der Waals surface area contributed by atoms with Gasteiger partial charge in [-0.15, -0.1) is 0 Å². The highest BCUT2D eigenvalue weighted by atomic mass is 16.3. The van der Waals surface area contributed by atoms with Crippen molar-refractivity contribution in [3.63, 3.8) is 0 Å². The molecule has 0 aliphatic carbocycles. The van der Waals surface area contributed by atoms with Gasteiger partial charge in [-0.05, 0) is 31.4 Å². The van der Waals surface area contributed by atoms with Crippen LogP contribution in [-0.4, -0.2) is 48.5 Å². The monoisotopic (exact) mass is 300 g/mol. The number of pyridine rings is 1. The van der Waals surface area contributed by atoms with Crippen molar-refractivity contribution in [3.8, 4) is 0 Å². The lowest BCUT2D eigenvalue weighted by atomic mass is 9.97. The van der Waals surface area contributed by atoms with E-state index in [2.05, 4.69) is 20.5 Å². The Bertz CT molecular complexity index is 699. The molecule has 0 spiro atoms. The van der Waals surface area contributed by atoms with Crippen molar-refractivity contribution in [1.82, 2.24) is 15.2 Å². The molecule has 4 heterocycles. The fourth-order valence-electron chi connectivity index (χ4n) is 3.67. The molecule has 0 radical (unpaired) electrons. The highest BCUT2D eigenvalue weighted by molar-refractivity contribution is 5.98. The topological polar surface area (TPSA) is 70.4 Å². The minimum absolute atomic E-state index is 0.0994. The summed E-state index contributed by atoms with van der Waals surface area (Å²) in [6.45, 7) is 3.32. The minimum atomic E-state index is -0.0994. The number of fused-ring (bicyclic) bond motifs is 3. The van der Waals surface area contributed by atoms with Crippen molar-refractivity contribution < 1.29 is 9.21 Å². The fourth-order valence-corrected chi connectivity index (χ4v) is 3.67. The van der Waals surface area contributed by atoms with E-state index in [9.17, 15) is 4.79 Å². The van der Waals surface area contributed by atoms with Crippen LogP contribution in [0.25, 0.3) is 11.0 Å². The summed E-state index contributed by atoms with van der Waals surface area (Å²) in [6, 6.07) is 2.02. The number of amides is 1. The molecule has 2 saturated heterocycles. The van der Waals surface area contributed by atoms with Crippen LogP contribution in [0.1, 0.15) is 23.3 Å². The molecule has 2 aromatic heterocycles. The van der Waals surface area contributed by atoms with E-state index in [1.54, 1.807) is 18.5 Å². The molecule has 2 bridgehead atoms. The van der Waals surface area contributed by atoms with E-state index >= 15 is 0 Å². The zero-order valence-corrected chi connectivity index (χ0v) is 12.6. The summed E-state index contributed by atoms with van der Waals surface area (Å²) < 4.78 is 5.40. The van der Waals surface area contributed by atoms with Gasteiger partial charge in [0.15, 0.2) is 5.58 Å². The van der Waals surface area contributed by atoms with Crippen LogP contribution < -0.4 is 10.6 Å². The smallest absolute Gasteiger partial charge is 0.270 e. The van der Waals surface area contributed by atoms with Crippen LogP contribution >= 0.6 is 0 Å². The summed E-state index contributed by atoms with van der Waals surface area (Å²) in [7, 11) is 1.83. The molecule has 2 fully saturated rings. The molecule has 2 aromatic rings. The summed E-state index contributed by atoms with van der Waals surface area (Å²) >= 11 is 0. The van der Waals surface area contributed by atoms with Crippen molar-refractivity contribution in [2.24, 2.45) is 5.92 Å². The van der Waals surface area contributed by atoms with Gasteiger partial charge in [0, 0.05) is 31.6 Å². The molecule has 3 atom stereocenters. The van der Waals surface area contributed by atoms with E-state index in [0.29, 0.717) is 11.3 Å². The molecule has 6 nitrogen and oxygen atoms in total. The first-order valence-electron chi connectivity index (χ1n) is 7.81. The maximum absolute atomic E-state index is 12.5. The molecule has 1 amide bonds. The highest BCUT2D eigenvalue weighted by Gasteiger charge is 2.33. The first-order chi connectivity index (χ1) is 10.7. The molecule has 22 heavy (non-hydrogen) atoms. The third-order valence-electron chi connectivity index (χ3n) is 4.76. The van der Waals surface area contributed by atoms with Gasteiger partial charge in [0.25, 0.3) is 5.91 Å². The maximum atomic E-state index is 12.5. The van der Waals surface area contributed by atoms with Crippen LogP contribution in [0.2, 0.25) is 0 Å². The Labute approximate surface area is 128 Å². The molecule has 116 valence electrons. The van der Waals surface area contributed by atoms with E-state index in [-0.39, 0.29) is 11.9 Å². The van der Waals surface area contributed by atoms with E-state index < -0.39 is 0 Å². The van der Waals surface area contributed by atoms with Gasteiger partial charge in [-0.3, -0.25) is 4.79 Å². The van der Waals surface area contributed by atoms with Crippen LogP contribution in [-0.2, 0) is 0 Å². The van der Waals surface area contributed by atoms with Crippen LogP contribution in [0.3, 0.4) is 0 Å². The molecule has 0 saturated carbocycles. The SMILES string of the molecule is CNc1coc2cnc(C(=O)N[C@@H]3C[C@@H]4CCN(C4)C3)cc12. The van der Waals surface area contributed by atoms with E-state index in [1.807, 2.05) is 7.05 Å².